The molecule has 15 heavy (non-hydrogen) atoms. The van der Waals surface area contributed by atoms with Crippen molar-refractivity contribution in [2.75, 3.05) is 0 Å². The second-order valence-electron chi connectivity index (χ2n) is 2.98. The van der Waals surface area contributed by atoms with E-state index in [1.807, 2.05) is 0 Å². The van der Waals surface area contributed by atoms with Gasteiger partial charge in [-0.3, -0.25) is 9.78 Å². The number of hydrogen-bond acceptors (Lipinski definition) is 4. The van der Waals surface area contributed by atoms with E-state index in [4.69, 9.17) is 4.52 Å². The van der Waals surface area contributed by atoms with Crippen molar-refractivity contribution in [3.05, 3.63) is 35.5 Å². The summed E-state index contributed by atoms with van der Waals surface area (Å²) in [6.07, 6.45) is 1.71. The zero-order chi connectivity index (χ0) is 10.8. The Hall–Kier alpha value is -2.04. The van der Waals surface area contributed by atoms with Gasteiger partial charge in [-0.2, -0.15) is 0 Å². The molecule has 0 saturated carbocycles. The van der Waals surface area contributed by atoms with Crippen LogP contribution in [0.3, 0.4) is 0 Å². The fraction of sp³-hybridized carbons (Fsp3) is 0.100. The molecule has 0 aliphatic rings. The van der Waals surface area contributed by atoms with Crippen LogP contribution >= 0.6 is 0 Å². The van der Waals surface area contributed by atoms with Gasteiger partial charge in [-0.05, 0) is 19.1 Å². The van der Waals surface area contributed by atoms with Gasteiger partial charge in [0.25, 0.3) is 0 Å². The number of carbonyl (C=O) groups is 1. The zero-order valence-corrected chi connectivity index (χ0v) is 7.90. The molecule has 0 bridgehead atoms. The fourth-order valence-electron chi connectivity index (χ4n) is 1.22. The number of aldehydes is 1. The minimum absolute atomic E-state index is 0.336. The molecule has 0 aliphatic heterocycles. The summed E-state index contributed by atoms with van der Waals surface area (Å²) in [6, 6.07) is 2.69. The van der Waals surface area contributed by atoms with E-state index in [1.54, 1.807) is 6.92 Å². The largest absolute Gasteiger partial charge is 0.360 e. The summed E-state index contributed by atoms with van der Waals surface area (Å²) in [5.41, 5.74) is 1.09. The third-order valence-corrected chi connectivity index (χ3v) is 2.00. The summed E-state index contributed by atoms with van der Waals surface area (Å²) >= 11 is 0. The Morgan fingerprint density at radius 1 is 1.47 bits per heavy atom. The van der Waals surface area contributed by atoms with Gasteiger partial charge < -0.3 is 4.52 Å². The number of carbonyl (C=O) groups excluding carboxylic acids is 1. The van der Waals surface area contributed by atoms with Gasteiger partial charge in [0, 0.05) is 0 Å². The standard InChI is InChI=1S/C10H7FN2O2/c1-6-8(5-14)10(13-15-6)9-3-2-7(11)4-12-9/h2-5H,1H3. The van der Waals surface area contributed by atoms with Crippen molar-refractivity contribution in [1.82, 2.24) is 10.1 Å². The number of nitrogens with zero attached hydrogens (tertiary/aromatic N) is 2. The third-order valence-electron chi connectivity index (χ3n) is 2.00. The average molecular weight is 206 g/mol. The van der Waals surface area contributed by atoms with E-state index in [-0.39, 0.29) is 0 Å². The summed E-state index contributed by atoms with van der Waals surface area (Å²) in [4.78, 5) is 14.6. The maximum absolute atomic E-state index is 12.6. The van der Waals surface area contributed by atoms with E-state index in [9.17, 15) is 9.18 Å². The monoisotopic (exact) mass is 206 g/mol. The van der Waals surface area contributed by atoms with Crippen molar-refractivity contribution < 1.29 is 13.7 Å². The lowest BCUT2D eigenvalue weighted by atomic mass is 10.1. The second kappa shape index (κ2) is 3.61. The quantitative estimate of drug-likeness (QED) is 0.705. The van der Waals surface area contributed by atoms with Crippen LogP contribution in [-0.4, -0.2) is 16.4 Å². The van der Waals surface area contributed by atoms with Crippen LogP contribution in [0.25, 0.3) is 11.4 Å². The first kappa shape index (κ1) is 9.51. The summed E-state index contributed by atoms with van der Waals surface area (Å²) in [5.74, 6) is -0.0160. The van der Waals surface area contributed by atoms with Gasteiger partial charge in [0.15, 0.2) is 6.29 Å². The third kappa shape index (κ3) is 1.63. The predicted octanol–water partition coefficient (Wildman–Crippen LogP) is 2.00. The number of hydrogen-bond donors (Lipinski definition) is 0. The van der Waals surface area contributed by atoms with Crippen LogP contribution in [0.1, 0.15) is 16.1 Å². The summed E-state index contributed by atoms with van der Waals surface area (Å²) < 4.78 is 17.5. The average Bonchev–Trinajstić information content (AvgIpc) is 2.61. The number of aromatic nitrogens is 2. The van der Waals surface area contributed by atoms with Crippen molar-refractivity contribution >= 4 is 6.29 Å². The summed E-state index contributed by atoms with van der Waals surface area (Å²) in [7, 11) is 0. The van der Waals surface area contributed by atoms with Crippen LogP contribution in [0.4, 0.5) is 4.39 Å². The van der Waals surface area contributed by atoms with E-state index in [1.165, 1.54) is 12.1 Å². The highest BCUT2D eigenvalue weighted by Gasteiger charge is 2.14. The molecule has 0 amide bonds. The molecule has 0 radical (unpaired) electrons. The molecule has 4 nitrogen and oxygen atoms in total. The van der Waals surface area contributed by atoms with E-state index >= 15 is 0 Å². The Morgan fingerprint density at radius 2 is 2.27 bits per heavy atom. The van der Waals surface area contributed by atoms with Crippen LogP contribution in [0, 0.1) is 12.7 Å². The lowest BCUT2D eigenvalue weighted by Crippen LogP contribution is -1.89. The second-order valence-corrected chi connectivity index (χ2v) is 2.98. The highest BCUT2D eigenvalue weighted by molar-refractivity contribution is 5.85. The van der Waals surface area contributed by atoms with Crippen LogP contribution in [0.15, 0.2) is 22.9 Å². The van der Waals surface area contributed by atoms with E-state index in [0.717, 1.165) is 6.20 Å². The SMILES string of the molecule is Cc1onc(-c2ccc(F)cn2)c1C=O. The van der Waals surface area contributed by atoms with Crippen LogP contribution in [0.5, 0.6) is 0 Å². The molecule has 76 valence electrons. The number of pyridine rings is 1. The Balaban J connectivity index is 2.53. The Bertz CT molecular complexity index is 491. The molecule has 2 aromatic rings. The number of rotatable bonds is 2. The number of aryl methyl sites for hydroxylation is 1. The fourth-order valence-corrected chi connectivity index (χ4v) is 1.22. The van der Waals surface area contributed by atoms with Gasteiger partial charge in [-0.1, -0.05) is 5.16 Å². The molecule has 0 fully saturated rings. The zero-order valence-electron chi connectivity index (χ0n) is 7.90. The molecule has 2 heterocycles. The summed E-state index contributed by atoms with van der Waals surface area (Å²) in [5, 5.41) is 3.70. The topological polar surface area (TPSA) is 56.0 Å². The molecule has 0 saturated heterocycles. The lowest BCUT2D eigenvalue weighted by Gasteiger charge is -1.94. The maximum atomic E-state index is 12.6. The van der Waals surface area contributed by atoms with Crippen molar-refractivity contribution in [2.45, 2.75) is 6.92 Å². The highest BCUT2D eigenvalue weighted by atomic mass is 19.1. The van der Waals surface area contributed by atoms with E-state index in [0.29, 0.717) is 29.0 Å². The summed E-state index contributed by atoms with van der Waals surface area (Å²) in [6.45, 7) is 1.63. The predicted molar refractivity (Wildman–Crippen MR) is 49.8 cm³/mol. The van der Waals surface area contributed by atoms with Gasteiger partial charge in [0.1, 0.15) is 17.3 Å². The van der Waals surface area contributed by atoms with Gasteiger partial charge in [0.05, 0.1) is 17.5 Å². The van der Waals surface area contributed by atoms with Gasteiger partial charge in [0.2, 0.25) is 0 Å². The molecular formula is C10H7FN2O2. The minimum atomic E-state index is -0.438. The van der Waals surface area contributed by atoms with Crippen LogP contribution < -0.4 is 0 Å². The molecule has 2 aromatic heterocycles. The van der Waals surface area contributed by atoms with E-state index < -0.39 is 5.82 Å². The molecule has 0 unspecified atom stereocenters. The molecular weight excluding hydrogens is 199 g/mol. The minimum Gasteiger partial charge on any atom is -0.360 e. The normalized spacial score (nSPS) is 10.3. The highest BCUT2D eigenvalue weighted by Crippen LogP contribution is 2.21. The molecule has 0 atom stereocenters. The van der Waals surface area contributed by atoms with Crippen molar-refractivity contribution in [3.63, 3.8) is 0 Å². The first-order valence-corrected chi connectivity index (χ1v) is 4.25. The van der Waals surface area contributed by atoms with Crippen LogP contribution in [0.2, 0.25) is 0 Å². The Labute approximate surface area is 84.7 Å². The Kier molecular flexibility index (Phi) is 2.29. The van der Waals surface area contributed by atoms with Crippen LogP contribution in [-0.2, 0) is 0 Å². The van der Waals surface area contributed by atoms with Gasteiger partial charge in [-0.25, -0.2) is 4.39 Å². The first-order chi connectivity index (χ1) is 7.22. The molecule has 0 aromatic carbocycles. The van der Waals surface area contributed by atoms with Crippen molar-refractivity contribution in [1.29, 1.82) is 0 Å². The lowest BCUT2D eigenvalue weighted by molar-refractivity contribution is 0.112. The molecule has 5 heteroatoms. The Morgan fingerprint density at radius 3 is 2.87 bits per heavy atom. The maximum Gasteiger partial charge on any atom is 0.155 e. The first-order valence-electron chi connectivity index (χ1n) is 4.25. The van der Waals surface area contributed by atoms with Crippen molar-refractivity contribution in [2.24, 2.45) is 0 Å². The van der Waals surface area contributed by atoms with Gasteiger partial charge >= 0.3 is 0 Å². The molecule has 0 spiro atoms. The molecule has 0 aliphatic carbocycles. The van der Waals surface area contributed by atoms with Crippen molar-refractivity contribution in [3.8, 4) is 11.4 Å². The molecule has 2 rings (SSSR count). The smallest absolute Gasteiger partial charge is 0.155 e. The van der Waals surface area contributed by atoms with Gasteiger partial charge in [-0.15, -0.1) is 0 Å². The van der Waals surface area contributed by atoms with E-state index in [2.05, 4.69) is 10.1 Å². The molecule has 0 N–H and O–H groups in total. The number of halogens is 1.